The molecule has 3 aromatic rings. The lowest BCUT2D eigenvalue weighted by Gasteiger charge is -2.16. The number of para-hydroxylation sites is 1. The van der Waals surface area contributed by atoms with Crippen LogP contribution in [-0.2, 0) is 10.0 Å². The largest absolute Gasteiger partial charge is 0.279 e. The van der Waals surface area contributed by atoms with Gasteiger partial charge in [0.15, 0.2) is 0 Å². The normalized spacial score (nSPS) is 13.5. The number of carbonyl (C=O) groups is 2. The summed E-state index contributed by atoms with van der Waals surface area (Å²) >= 11 is 0. The first-order chi connectivity index (χ1) is 13.8. The van der Waals surface area contributed by atoms with Gasteiger partial charge in [-0.15, -0.1) is 0 Å². The van der Waals surface area contributed by atoms with Crippen molar-refractivity contribution in [3.05, 3.63) is 89.0 Å². The highest BCUT2D eigenvalue weighted by atomic mass is 32.2. The van der Waals surface area contributed by atoms with E-state index in [0.29, 0.717) is 5.69 Å². The number of fused-ring (bicyclic) bond motifs is 1. The lowest BCUT2D eigenvalue weighted by Crippen LogP contribution is -2.30. The number of benzene rings is 3. The maximum absolute atomic E-state index is 13.1. The van der Waals surface area contributed by atoms with Crippen LogP contribution in [0.5, 0.6) is 0 Å². The fourth-order valence-corrected chi connectivity index (χ4v) is 4.40. The zero-order valence-electron chi connectivity index (χ0n) is 15.8. The van der Waals surface area contributed by atoms with Gasteiger partial charge in [-0.2, -0.15) is 0 Å². The van der Waals surface area contributed by atoms with E-state index in [-0.39, 0.29) is 21.7 Å². The van der Waals surface area contributed by atoms with Gasteiger partial charge < -0.3 is 0 Å². The quantitative estimate of drug-likeness (QED) is 0.666. The number of amides is 2. The zero-order chi connectivity index (χ0) is 20.8. The summed E-state index contributed by atoms with van der Waals surface area (Å²) in [5, 5.41) is 0. The average molecular weight is 406 g/mol. The Balaban J connectivity index is 1.76. The van der Waals surface area contributed by atoms with Crippen LogP contribution in [0.1, 0.15) is 31.8 Å². The minimum absolute atomic E-state index is 0.0523. The van der Waals surface area contributed by atoms with Crippen LogP contribution in [0, 0.1) is 13.8 Å². The van der Waals surface area contributed by atoms with Crippen LogP contribution < -0.4 is 9.62 Å². The van der Waals surface area contributed by atoms with Gasteiger partial charge in [-0.3, -0.25) is 14.3 Å². The summed E-state index contributed by atoms with van der Waals surface area (Å²) in [6, 6.07) is 18.0. The summed E-state index contributed by atoms with van der Waals surface area (Å²) in [4.78, 5) is 27.2. The molecule has 0 radical (unpaired) electrons. The van der Waals surface area contributed by atoms with Crippen LogP contribution in [-0.4, -0.2) is 20.2 Å². The van der Waals surface area contributed by atoms with Crippen molar-refractivity contribution in [3.63, 3.8) is 0 Å². The highest BCUT2D eigenvalue weighted by molar-refractivity contribution is 7.92. The molecule has 2 amide bonds. The number of anilines is 2. The second kappa shape index (κ2) is 6.86. The molecule has 0 fully saturated rings. The van der Waals surface area contributed by atoms with Crippen LogP contribution in [0.3, 0.4) is 0 Å². The van der Waals surface area contributed by atoms with Gasteiger partial charge in [0.25, 0.3) is 21.8 Å². The number of hydrogen-bond donors (Lipinski definition) is 1. The fourth-order valence-electron chi connectivity index (χ4n) is 3.32. The number of nitrogens with zero attached hydrogens (tertiary/aromatic N) is 1. The molecule has 0 aliphatic carbocycles. The Morgan fingerprint density at radius 1 is 0.793 bits per heavy atom. The van der Waals surface area contributed by atoms with Gasteiger partial charge >= 0.3 is 0 Å². The molecule has 0 atom stereocenters. The summed E-state index contributed by atoms with van der Waals surface area (Å²) in [6.45, 7) is 3.66. The first kappa shape index (κ1) is 18.9. The van der Waals surface area contributed by atoms with Gasteiger partial charge in [-0.1, -0.05) is 42.0 Å². The number of sulfonamides is 1. The molecule has 4 rings (SSSR count). The van der Waals surface area contributed by atoms with E-state index >= 15 is 0 Å². The van der Waals surface area contributed by atoms with Crippen LogP contribution in [0.25, 0.3) is 0 Å². The van der Waals surface area contributed by atoms with E-state index in [9.17, 15) is 18.0 Å². The summed E-state index contributed by atoms with van der Waals surface area (Å²) in [5.74, 6) is -1.03. The number of rotatable bonds is 4. The summed E-state index contributed by atoms with van der Waals surface area (Å²) in [6.07, 6.45) is 0. The number of nitrogens with one attached hydrogen (secondary N) is 1. The van der Waals surface area contributed by atoms with E-state index in [1.54, 1.807) is 43.3 Å². The van der Waals surface area contributed by atoms with Crippen molar-refractivity contribution in [2.24, 2.45) is 0 Å². The Kier molecular flexibility index (Phi) is 4.47. The molecule has 1 N–H and O–H groups in total. The molecular formula is C22H18N2O4S. The van der Waals surface area contributed by atoms with Crippen LogP contribution in [0.2, 0.25) is 0 Å². The molecule has 1 heterocycles. The molecule has 3 aromatic carbocycles. The first-order valence-electron chi connectivity index (χ1n) is 8.96. The van der Waals surface area contributed by atoms with E-state index in [0.717, 1.165) is 16.0 Å². The number of carbonyl (C=O) groups excluding carboxylic acids is 2. The summed E-state index contributed by atoms with van der Waals surface area (Å²) in [7, 11) is -3.91. The third kappa shape index (κ3) is 3.19. The van der Waals surface area contributed by atoms with E-state index in [2.05, 4.69) is 4.72 Å². The van der Waals surface area contributed by atoms with Gasteiger partial charge in [0.2, 0.25) is 0 Å². The minimum atomic E-state index is -3.91. The van der Waals surface area contributed by atoms with Crippen molar-refractivity contribution < 1.29 is 18.0 Å². The van der Waals surface area contributed by atoms with Crippen LogP contribution in [0.4, 0.5) is 11.4 Å². The van der Waals surface area contributed by atoms with E-state index in [1.165, 1.54) is 24.3 Å². The third-order valence-electron chi connectivity index (χ3n) is 4.85. The highest BCUT2D eigenvalue weighted by Crippen LogP contribution is 2.35. The zero-order valence-corrected chi connectivity index (χ0v) is 16.7. The van der Waals surface area contributed by atoms with Gasteiger partial charge in [-0.05, 0) is 49.7 Å². The first-order valence-corrected chi connectivity index (χ1v) is 10.4. The third-order valence-corrected chi connectivity index (χ3v) is 6.23. The SMILES string of the molecule is Cc1ccc(S(=O)(=O)Nc2cccc3c2C(=O)N(c2ccccc2C)C3=O)cc1. The van der Waals surface area contributed by atoms with Crippen molar-refractivity contribution in [1.29, 1.82) is 0 Å². The van der Waals surface area contributed by atoms with Crippen LogP contribution in [0.15, 0.2) is 71.6 Å². The van der Waals surface area contributed by atoms with Crippen molar-refractivity contribution in [2.75, 3.05) is 9.62 Å². The number of imide groups is 1. The van der Waals surface area contributed by atoms with Crippen molar-refractivity contribution >= 4 is 33.2 Å². The smallest absolute Gasteiger partial charge is 0.268 e. The van der Waals surface area contributed by atoms with E-state index < -0.39 is 21.8 Å². The molecule has 7 heteroatoms. The summed E-state index contributed by atoms with van der Waals surface area (Å²) in [5.41, 5.74) is 2.48. The second-order valence-corrected chi connectivity index (χ2v) is 8.56. The molecular weight excluding hydrogens is 388 g/mol. The molecule has 0 saturated carbocycles. The van der Waals surface area contributed by atoms with E-state index in [4.69, 9.17) is 0 Å². The molecule has 0 aromatic heterocycles. The molecule has 29 heavy (non-hydrogen) atoms. The molecule has 1 aliphatic rings. The lowest BCUT2D eigenvalue weighted by atomic mass is 10.1. The molecule has 1 aliphatic heterocycles. The number of hydrogen-bond acceptors (Lipinski definition) is 4. The van der Waals surface area contributed by atoms with Crippen LogP contribution >= 0.6 is 0 Å². The molecule has 0 saturated heterocycles. The van der Waals surface area contributed by atoms with Gasteiger partial charge in [0, 0.05) is 0 Å². The van der Waals surface area contributed by atoms with Gasteiger partial charge in [0.1, 0.15) is 0 Å². The van der Waals surface area contributed by atoms with Gasteiger partial charge in [-0.25, -0.2) is 13.3 Å². The second-order valence-electron chi connectivity index (χ2n) is 6.88. The molecule has 0 bridgehead atoms. The lowest BCUT2D eigenvalue weighted by molar-refractivity contribution is 0.0926. The number of aryl methyl sites for hydroxylation is 2. The summed E-state index contributed by atoms with van der Waals surface area (Å²) < 4.78 is 28.0. The van der Waals surface area contributed by atoms with E-state index in [1.807, 2.05) is 13.0 Å². The Labute approximate surface area is 168 Å². The maximum Gasteiger partial charge on any atom is 0.268 e. The topological polar surface area (TPSA) is 83.6 Å². The van der Waals surface area contributed by atoms with Crippen molar-refractivity contribution in [1.82, 2.24) is 0 Å². The molecule has 0 spiro atoms. The van der Waals surface area contributed by atoms with Crippen molar-refractivity contribution in [3.8, 4) is 0 Å². The Bertz CT molecular complexity index is 1250. The van der Waals surface area contributed by atoms with Crippen molar-refractivity contribution in [2.45, 2.75) is 18.7 Å². The highest BCUT2D eigenvalue weighted by Gasteiger charge is 2.39. The monoisotopic (exact) mass is 406 g/mol. The molecule has 146 valence electrons. The predicted molar refractivity (Wildman–Crippen MR) is 111 cm³/mol. The predicted octanol–water partition coefficient (Wildman–Crippen LogP) is 3.90. The molecule has 6 nitrogen and oxygen atoms in total. The Morgan fingerprint density at radius 2 is 1.48 bits per heavy atom. The average Bonchev–Trinajstić information content (AvgIpc) is 2.94. The standard InChI is InChI=1S/C22H18N2O4S/c1-14-10-12-16(13-11-14)29(27,28)23-18-8-5-7-17-20(18)22(26)24(21(17)25)19-9-4-3-6-15(19)2/h3-13,23H,1-2H3. The maximum atomic E-state index is 13.1. The molecule has 0 unspecified atom stereocenters. The Morgan fingerprint density at radius 3 is 2.17 bits per heavy atom. The fraction of sp³-hybridized carbons (Fsp3) is 0.0909. The Hall–Kier alpha value is -3.45. The minimum Gasteiger partial charge on any atom is -0.279 e. The van der Waals surface area contributed by atoms with Gasteiger partial charge in [0.05, 0.1) is 27.4 Å².